The summed E-state index contributed by atoms with van der Waals surface area (Å²) in [5, 5.41) is 2.40. The number of thiazole rings is 1. The molecule has 0 radical (unpaired) electrons. The minimum atomic E-state index is -0.00228. The van der Waals surface area contributed by atoms with Crippen LogP contribution in [0.1, 0.15) is 0 Å². The highest BCUT2D eigenvalue weighted by atomic mass is 79.9. The Hall–Kier alpha value is -1.60. The Kier molecular flexibility index (Phi) is 3.30. The van der Waals surface area contributed by atoms with Crippen LogP contribution in [0.4, 0.5) is 10.8 Å². The fraction of sp³-hybridized carbons (Fsp3) is 0. The lowest BCUT2D eigenvalue weighted by Crippen LogP contribution is -2.21. The molecule has 0 fully saturated rings. The second kappa shape index (κ2) is 4.72. The van der Waals surface area contributed by atoms with Crippen LogP contribution in [0.5, 0.6) is 0 Å². The van der Waals surface area contributed by atoms with E-state index in [1.54, 1.807) is 0 Å². The van der Waals surface area contributed by atoms with Crippen LogP contribution >= 0.6 is 27.3 Å². The van der Waals surface area contributed by atoms with Crippen LogP contribution in [0.15, 0.2) is 33.0 Å². The Morgan fingerprint density at radius 1 is 1.35 bits per heavy atom. The van der Waals surface area contributed by atoms with Crippen LogP contribution in [0.3, 0.4) is 0 Å². The molecule has 0 saturated carbocycles. The van der Waals surface area contributed by atoms with Gasteiger partial charge in [0.2, 0.25) is 5.13 Å². The standard InChI is InChI=1S/C10H10BrN5S/c11-7-2-1-5(12)3-6(7)8-4-17-10(15-8)16-9(13)14/h1-4H,12H2,(H4,13,14,15,16). The summed E-state index contributed by atoms with van der Waals surface area (Å²) in [7, 11) is 0. The number of nitrogens with two attached hydrogens (primary N) is 3. The molecule has 2 rings (SSSR count). The van der Waals surface area contributed by atoms with E-state index in [2.05, 4.69) is 25.9 Å². The first-order chi connectivity index (χ1) is 8.06. The lowest BCUT2D eigenvalue weighted by molar-refractivity contribution is 1.32. The van der Waals surface area contributed by atoms with Crippen LogP contribution < -0.4 is 17.2 Å². The van der Waals surface area contributed by atoms with Crippen molar-refractivity contribution < 1.29 is 0 Å². The van der Waals surface area contributed by atoms with Gasteiger partial charge in [-0.15, -0.1) is 11.3 Å². The number of nitrogens with zero attached hydrogens (tertiary/aromatic N) is 2. The zero-order valence-electron chi connectivity index (χ0n) is 8.72. The minimum Gasteiger partial charge on any atom is -0.399 e. The number of benzene rings is 1. The van der Waals surface area contributed by atoms with Crippen molar-refractivity contribution in [1.82, 2.24) is 4.98 Å². The van der Waals surface area contributed by atoms with Crippen LogP contribution in [0.2, 0.25) is 0 Å². The molecule has 7 heteroatoms. The van der Waals surface area contributed by atoms with Gasteiger partial charge < -0.3 is 17.2 Å². The van der Waals surface area contributed by atoms with Crippen molar-refractivity contribution in [2.75, 3.05) is 5.73 Å². The van der Waals surface area contributed by atoms with Crippen molar-refractivity contribution in [3.05, 3.63) is 28.1 Å². The van der Waals surface area contributed by atoms with Crippen molar-refractivity contribution in [1.29, 1.82) is 0 Å². The summed E-state index contributed by atoms with van der Waals surface area (Å²) < 4.78 is 0.924. The lowest BCUT2D eigenvalue weighted by Gasteiger charge is -2.01. The molecule has 6 N–H and O–H groups in total. The highest BCUT2D eigenvalue weighted by Crippen LogP contribution is 2.32. The largest absolute Gasteiger partial charge is 0.399 e. The number of aromatic nitrogens is 1. The van der Waals surface area contributed by atoms with E-state index in [-0.39, 0.29) is 5.96 Å². The molecule has 2 aromatic rings. The van der Waals surface area contributed by atoms with Crippen LogP contribution in [0.25, 0.3) is 11.3 Å². The SMILES string of the molecule is NC(N)=Nc1nc(-c2cc(N)ccc2Br)cs1. The molecule has 17 heavy (non-hydrogen) atoms. The molecular weight excluding hydrogens is 302 g/mol. The maximum atomic E-state index is 5.74. The number of aliphatic imine (C=N–C) groups is 1. The van der Waals surface area contributed by atoms with Gasteiger partial charge in [-0.25, -0.2) is 4.98 Å². The van der Waals surface area contributed by atoms with E-state index >= 15 is 0 Å². The first-order valence-corrected chi connectivity index (χ1v) is 6.34. The predicted octanol–water partition coefficient (Wildman–Crippen LogP) is 2.06. The topological polar surface area (TPSA) is 103 Å². The summed E-state index contributed by atoms with van der Waals surface area (Å²) in [5.41, 5.74) is 18.7. The summed E-state index contributed by atoms with van der Waals surface area (Å²) in [4.78, 5) is 8.20. The Morgan fingerprint density at radius 2 is 2.12 bits per heavy atom. The van der Waals surface area contributed by atoms with Gasteiger partial charge in [0.25, 0.3) is 0 Å². The van der Waals surface area contributed by atoms with E-state index in [1.807, 2.05) is 23.6 Å². The summed E-state index contributed by atoms with van der Waals surface area (Å²) in [6.07, 6.45) is 0. The molecule has 0 saturated heterocycles. The normalized spacial score (nSPS) is 10.2. The van der Waals surface area contributed by atoms with Gasteiger partial charge in [-0.1, -0.05) is 15.9 Å². The van der Waals surface area contributed by atoms with E-state index in [4.69, 9.17) is 17.2 Å². The number of halogens is 1. The monoisotopic (exact) mass is 311 g/mol. The molecule has 5 nitrogen and oxygen atoms in total. The number of guanidine groups is 1. The quantitative estimate of drug-likeness (QED) is 0.448. The lowest BCUT2D eigenvalue weighted by atomic mass is 10.1. The second-order valence-corrected chi connectivity index (χ2v) is 4.98. The summed E-state index contributed by atoms with van der Waals surface area (Å²) >= 11 is 4.82. The molecule has 1 aromatic carbocycles. The molecule has 0 amide bonds. The number of nitrogen functional groups attached to an aromatic ring is 1. The maximum absolute atomic E-state index is 5.74. The Morgan fingerprint density at radius 3 is 2.82 bits per heavy atom. The molecule has 1 heterocycles. The van der Waals surface area contributed by atoms with Crippen molar-refractivity contribution in [3.8, 4) is 11.3 Å². The van der Waals surface area contributed by atoms with Crippen molar-refractivity contribution in [2.45, 2.75) is 0 Å². The zero-order valence-corrected chi connectivity index (χ0v) is 11.1. The smallest absolute Gasteiger partial charge is 0.212 e. The Labute approximate surface area is 110 Å². The molecular formula is C10H10BrN5S. The predicted molar refractivity (Wildman–Crippen MR) is 75.1 cm³/mol. The molecule has 0 bridgehead atoms. The van der Waals surface area contributed by atoms with E-state index < -0.39 is 0 Å². The molecule has 0 aliphatic carbocycles. The minimum absolute atomic E-state index is 0.00228. The first kappa shape index (κ1) is 11.9. The third-order valence-electron chi connectivity index (χ3n) is 1.98. The number of hydrogen-bond acceptors (Lipinski definition) is 4. The summed E-state index contributed by atoms with van der Waals surface area (Å²) in [6, 6.07) is 5.54. The van der Waals surface area contributed by atoms with E-state index in [9.17, 15) is 0 Å². The zero-order chi connectivity index (χ0) is 12.4. The highest BCUT2D eigenvalue weighted by Gasteiger charge is 2.08. The third-order valence-corrected chi connectivity index (χ3v) is 3.41. The summed E-state index contributed by atoms with van der Waals surface area (Å²) in [6.45, 7) is 0. The molecule has 0 spiro atoms. The molecule has 88 valence electrons. The van der Waals surface area contributed by atoms with Gasteiger partial charge in [-0.3, -0.25) is 0 Å². The highest BCUT2D eigenvalue weighted by molar-refractivity contribution is 9.10. The van der Waals surface area contributed by atoms with Crippen LogP contribution in [0, 0.1) is 0 Å². The van der Waals surface area contributed by atoms with Crippen molar-refractivity contribution in [3.63, 3.8) is 0 Å². The van der Waals surface area contributed by atoms with Gasteiger partial charge in [0.15, 0.2) is 5.96 Å². The third kappa shape index (κ3) is 2.75. The van der Waals surface area contributed by atoms with E-state index in [0.717, 1.165) is 15.7 Å². The van der Waals surface area contributed by atoms with Gasteiger partial charge in [0, 0.05) is 21.1 Å². The van der Waals surface area contributed by atoms with Crippen LogP contribution in [-0.4, -0.2) is 10.9 Å². The summed E-state index contributed by atoms with van der Waals surface area (Å²) in [5.74, 6) is -0.00228. The van der Waals surface area contributed by atoms with Gasteiger partial charge in [-0.2, -0.15) is 4.99 Å². The van der Waals surface area contributed by atoms with E-state index in [0.29, 0.717) is 10.8 Å². The molecule has 0 aliphatic rings. The van der Waals surface area contributed by atoms with Crippen molar-refractivity contribution in [2.24, 2.45) is 16.5 Å². The Balaban J connectivity index is 2.43. The van der Waals surface area contributed by atoms with E-state index in [1.165, 1.54) is 11.3 Å². The number of hydrogen-bond donors (Lipinski definition) is 3. The van der Waals surface area contributed by atoms with Crippen molar-refractivity contribution >= 4 is 44.0 Å². The van der Waals surface area contributed by atoms with Crippen LogP contribution in [-0.2, 0) is 0 Å². The number of rotatable bonds is 2. The molecule has 0 unspecified atom stereocenters. The van der Waals surface area contributed by atoms with Gasteiger partial charge in [0.05, 0.1) is 5.69 Å². The Bertz CT molecular complexity index is 574. The first-order valence-electron chi connectivity index (χ1n) is 4.67. The van der Waals surface area contributed by atoms with Gasteiger partial charge in [-0.05, 0) is 18.2 Å². The van der Waals surface area contributed by atoms with Gasteiger partial charge in [0.1, 0.15) is 0 Å². The average Bonchev–Trinajstić information content (AvgIpc) is 2.69. The molecule has 1 aromatic heterocycles. The number of anilines is 1. The maximum Gasteiger partial charge on any atom is 0.212 e. The molecule has 0 aliphatic heterocycles. The second-order valence-electron chi connectivity index (χ2n) is 3.29. The fourth-order valence-corrected chi connectivity index (χ4v) is 2.44. The average molecular weight is 312 g/mol. The fourth-order valence-electron chi connectivity index (χ4n) is 1.29. The van der Waals surface area contributed by atoms with Gasteiger partial charge >= 0.3 is 0 Å². The molecule has 0 atom stereocenters.